The minimum atomic E-state index is -3.85. The number of thiophene rings is 1. The van der Waals surface area contributed by atoms with E-state index in [4.69, 9.17) is 5.14 Å². The van der Waals surface area contributed by atoms with Gasteiger partial charge in [0.2, 0.25) is 10.0 Å². The fourth-order valence-electron chi connectivity index (χ4n) is 3.14. The first-order chi connectivity index (χ1) is 13.2. The molecule has 2 amide bonds. The molecule has 1 aliphatic heterocycles. The second-order valence-electron chi connectivity index (χ2n) is 7.02. The van der Waals surface area contributed by atoms with Gasteiger partial charge in [-0.15, -0.1) is 11.3 Å². The maximum absolute atomic E-state index is 12.7. The van der Waals surface area contributed by atoms with Gasteiger partial charge >= 0.3 is 0 Å². The lowest BCUT2D eigenvalue weighted by Crippen LogP contribution is -2.31. The number of likely N-dealkylation sites (tertiary alicyclic amines) is 1. The monoisotopic (exact) mass is 421 g/mol. The van der Waals surface area contributed by atoms with Gasteiger partial charge in [-0.2, -0.15) is 0 Å². The van der Waals surface area contributed by atoms with Crippen molar-refractivity contribution in [3.63, 3.8) is 0 Å². The van der Waals surface area contributed by atoms with Crippen molar-refractivity contribution in [2.75, 3.05) is 18.4 Å². The predicted molar refractivity (Wildman–Crippen MR) is 109 cm³/mol. The number of carbonyl (C=O) groups is 2. The molecular formula is C19H23N3O4S2. The maximum atomic E-state index is 12.7. The summed E-state index contributed by atoms with van der Waals surface area (Å²) in [7, 11) is -3.85. The molecule has 3 rings (SSSR count). The fourth-order valence-corrected chi connectivity index (χ4v) is 4.57. The van der Waals surface area contributed by atoms with Crippen LogP contribution in [0.15, 0.2) is 41.3 Å². The molecule has 0 unspecified atom stereocenters. The van der Waals surface area contributed by atoms with E-state index >= 15 is 0 Å². The van der Waals surface area contributed by atoms with Crippen molar-refractivity contribution < 1.29 is 18.0 Å². The van der Waals surface area contributed by atoms with E-state index in [1.807, 2.05) is 4.90 Å². The number of rotatable bonds is 4. The van der Waals surface area contributed by atoms with Gasteiger partial charge in [-0.25, -0.2) is 13.6 Å². The van der Waals surface area contributed by atoms with E-state index in [-0.39, 0.29) is 10.8 Å². The van der Waals surface area contributed by atoms with Crippen molar-refractivity contribution in [1.82, 2.24) is 4.90 Å². The maximum Gasteiger partial charge on any atom is 0.265 e. The molecule has 0 bridgehead atoms. The average molecular weight is 422 g/mol. The smallest absolute Gasteiger partial charge is 0.265 e. The van der Waals surface area contributed by atoms with Crippen molar-refractivity contribution in [3.8, 4) is 0 Å². The molecule has 0 aliphatic carbocycles. The molecule has 150 valence electrons. The van der Waals surface area contributed by atoms with Gasteiger partial charge < -0.3 is 10.2 Å². The lowest BCUT2D eigenvalue weighted by molar-refractivity contribution is 0.0765. The van der Waals surface area contributed by atoms with Crippen molar-refractivity contribution in [3.05, 3.63) is 46.2 Å². The summed E-state index contributed by atoms with van der Waals surface area (Å²) in [5, 5.41) is 7.76. The molecule has 1 saturated heterocycles. The molecule has 1 aromatic heterocycles. The highest BCUT2D eigenvalue weighted by molar-refractivity contribution is 7.89. The molecule has 1 aliphatic rings. The van der Waals surface area contributed by atoms with Crippen LogP contribution in [0.5, 0.6) is 0 Å². The second-order valence-corrected chi connectivity index (χ2v) is 9.66. The van der Waals surface area contributed by atoms with Gasteiger partial charge in [0.15, 0.2) is 0 Å². The molecular weight excluding hydrogens is 398 g/mol. The lowest BCUT2D eigenvalue weighted by atomic mass is 10.0. The third kappa shape index (κ3) is 4.98. The Hall–Kier alpha value is -2.23. The van der Waals surface area contributed by atoms with Crippen LogP contribution in [0, 0.1) is 5.92 Å². The summed E-state index contributed by atoms with van der Waals surface area (Å²) in [5.74, 6) is 0.171. The van der Waals surface area contributed by atoms with E-state index < -0.39 is 15.9 Å². The van der Waals surface area contributed by atoms with Crippen molar-refractivity contribution >= 4 is 38.9 Å². The van der Waals surface area contributed by atoms with Gasteiger partial charge in [0.1, 0.15) is 0 Å². The van der Waals surface area contributed by atoms with E-state index in [0.717, 1.165) is 43.7 Å². The van der Waals surface area contributed by atoms with Crippen molar-refractivity contribution in [1.29, 1.82) is 0 Å². The molecule has 0 saturated carbocycles. The summed E-state index contributed by atoms with van der Waals surface area (Å²) in [4.78, 5) is 27.9. The van der Waals surface area contributed by atoms with Crippen LogP contribution in [0.1, 0.15) is 45.5 Å². The van der Waals surface area contributed by atoms with Crippen LogP contribution < -0.4 is 10.5 Å². The largest absolute Gasteiger partial charge is 0.338 e. The van der Waals surface area contributed by atoms with Crippen LogP contribution in [0.2, 0.25) is 0 Å². The second kappa shape index (κ2) is 8.42. The average Bonchev–Trinajstić information content (AvgIpc) is 3.04. The summed E-state index contributed by atoms with van der Waals surface area (Å²) in [5.41, 5.74) is 0.319. The fraction of sp³-hybridized carbons (Fsp3) is 0.368. The van der Waals surface area contributed by atoms with Gasteiger partial charge in [0, 0.05) is 18.8 Å². The Kier molecular flexibility index (Phi) is 6.17. The highest BCUT2D eigenvalue weighted by Gasteiger charge is 2.22. The molecule has 1 atom stereocenters. The van der Waals surface area contributed by atoms with Gasteiger partial charge in [-0.1, -0.05) is 13.0 Å². The number of benzene rings is 1. The molecule has 0 radical (unpaired) electrons. The third-order valence-electron chi connectivity index (χ3n) is 4.76. The number of hydrogen-bond acceptors (Lipinski definition) is 5. The quantitative estimate of drug-likeness (QED) is 0.791. The van der Waals surface area contributed by atoms with Gasteiger partial charge in [-0.3, -0.25) is 9.59 Å². The first kappa shape index (κ1) is 20.5. The normalized spacial score (nSPS) is 17.8. The minimum absolute atomic E-state index is 0.0469. The topological polar surface area (TPSA) is 110 Å². The molecule has 1 fully saturated rings. The number of nitrogens with two attached hydrogens (primary N) is 1. The summed E-state index contributed by atoms with van der Waals surface area (Å²) in [6.07, 6.45) is 3.11. The zero-order valence-corrected chi connectivity index (χ0v) is 17.2. The van der Waals surface area contributed by atoms with Crippen molar-refractivity contribution in [2.45, 2.75) is 31.1 Å². The number of hydrogen-bond donors (Lipinski definition) is 2. The van der Waals surface area contributed by atoms with E-state index in [9.17, 15) is 18.0 Å². The lowest BCUT2D eigenvalue weighted by Gasteiger charge is -2.19. The van der Waals surface area contributed by atoms with Gasteiger partial charge in [0.25, 0.3) is 11.8 Å². The predicted octanol–water partition coefficient (Wildman–Crippen LogP) is 2.91. The Morgan fingerprint density at radius 3 is 2.64 bits per heavy atom. The molecule has 3 N–H and O–H groups in total. The molecule has 28 heavy (non-hydrogen) atoms. The van der Waals surface area contributed by atoms with E-state index in [1.54, 1.807) is 18.2 Å². The Balaban J connectivity index is 1.70. The number of primary sulfonamides is 1. The van der Waals surface area contributed by atoms with Crippen LogP contribution in [0.4, 0.5) is 5.69 Å². The Morgan fingerprint density at radius 2 is 1.89 bits per heavy atom. The number of sulfonamides is 1. The number of nitrogens with zero attached hydrogens (tertiary/aromatic N) is 1. The van der Waals surface area contributed by atoms with Crippen LogP contribution in [0.3, 0.4) is 0 Å². The number of carbonyl (C=O) groups excluding carboxylic acids is 2. The molecule has 9 heteroatoms. The van der Waals surface area contributed by atoms with Gasteiger partial charge in [0.05, 0.1) is 14.6 Å². The van der Waals surface area contributed by atoms with E-state index in [2.05, 4.69) is 12.2 Å². The van der Waals surface area contributed by atoms with Crippen LogP contribution in [-0.2, 0) is 10.0 Å². The Morgan fingerprint density at radius 1 is 1.14 bits per heavy atom. The summed E-state index contributed by atoms with van der Waals surface area (Å²) in [6, 6.07) is 9.00. The summed E-state index contributed by atoms with van der Waals surface area (Å²) >= 11 is 1.13. The number of nitrogens with one attached hydrogen (secondary N) is 1. The highest BCUT2D eigenvalue weighted by Crippen LogP contribution is 2.23. The van der Waals surface area contributed by atoms with Crippen LogP contribution in [0.25, 0.3) is 0 Å². The molecule has 7 nitrogen and oxygen atoms in total. The molecule has 2 aromatic rings. The summed E-state index contributed by atoms with van der Waals surface area (Å²) < 4.78 is 22.9. The minimum Gasteiger partial charge on any atom is -0.338 e. The van der Waals surface area contributed by atoms with Gasteiger partial charge in [-0.05, 0) is 55.5 Å². The first-order valence-electron chi connectivity index (χ1n) is 9.07. The zero-order chi connectivity index (χ0) is 20.3. The molecule has 2 heterocycles. The van der Waals surface area contributed by atoms with Crippen molar-refractivity contribution in [2.24, 2.45) is 11.1 Å². The van der Waals surface area contributed by atoms with Crippen LogP contribution >= 0.6 is 11.3 Å². The number of amides is 2. The third-order valence-corrected chi connectivity index (χ3v) is 6.75. The zero-order valence-electron chi connectivity index (χ0n) is 15.6. The highest BCUT2D eigenvalue weighted by atomic mass is 32.2. The van der Waals surface area contributed by atoms with E-state index in [1.165, 1.54) is 18.2 Å². The summed E-state index contributed by atoms with van der Waals surface area (Å²) in [6.45, 7) is 3.68. The Bertz CT molecular complexity index is 985. The number of anilines is 1. The molecule has 0 spiro atoms. The SMILES string of the molecule is C[C@H]1CCCN(C(=O)c2ccc(C(=O)Nc3cccc(S(N)(=O)=O)c3)s2)CC1. The van der Waals surface area contributed by atoms with Crippen LogP contribution in [-0.4, -0.2) is 38.2 Å². The Labute approximate surface area is 168 Å². The standard InChI is InChI=1S/C19H23N3O4S2/c1-13-4-3-10-22(11-9-13)19(24)17-8-7-16(27-17)18(23)21-14-5-2-6-15(12-14)28(20,25)26/h2,5-8,12-13H,3-4,9-11H2,1H3,(H,21,23)(H2,20,25,26)/t13-/m0/s1. The molecule has 1 aromatic carbocycles. The van der Waals surface area contributed by atoms with E-state index in [0.29, 0.717) is 21.4 Å². The first-order valence-corrected chi connectivity index (χ1v) is 11.4.